The highest BCUT2D eigenvalue weighted by molar-refractivity contribution is 6.08. The second-order valence-corrected chi connectivity index (χ2v) is 7.42. The third-order valence-electron chi connectivity index (χ3n) is 4.74. The molecule has 0 radical (unpaired) electrons. The molecule has 31 heavy (non-hydrogen) atoms. The van der Waals surface area contributed by atoms with Gasteiger partial charge in [-0.05, 0) is 42.3 Å². The molecule has 3 aromatic carbocycles. The summed E-state index contributed by atoms with van der Waals surface area (Å²) in [7, 11) is 0. The number of anilines is 2. The summed E-state index contributed by atoms with van der Waals surface area (Å²) < 4.78 is 0. The topological polar surface area (TPSA) is 87.3 Å². The monoisotopic (exact) mass is 415 g/mol. The minimum absolute atomic E-state index is 0.140. The van der Waals surface area contributed by atoms with Gasteiger partial charge in [0.25, 0.3) is 11.8 Å². The quantitative estimate of drug-likeness (QED) is 0.537. The Labute approximate surface area is 181 Å². The zero-order valence-corrected chi connectivity index (χ0v) is 17.5. The Bertz CT molecular complexity index is 1050. The summed E-state index contributed by atoms with van der Waals surface area (Å²) in [5.41, 5.74) is 1.92. The van der Waals surface area contributed by atoms with Crippen molar-refractivity contribution in [1.29, 1.82) is 0 Å². The minimum Gasteiger partial charge on any atom is -0.340 e. The van der Waals surface area contributed by atoms with Crippen LogP contribution in [0.1, 0.15) is 34.6 Å². The predicted octanol–water partition coefficient (Wildman–Crippen LogP) is 4.33. The van der Waals surface area contributed by atoms with E-state index < -0.39 is 6.04 Å². The number of nitrogens with one attached hydrogen (secondary N) is 3. The molecule has 0 saturated heterocycles. The number of carbonyl (C=O) groups excluding carboxylic acids is 3. The van der Waals surface area contributed by atoms with Crippen molar-refractivity contribution >= 4 is 29.1 Å². The molecule has 0 heterocycles. The fourth-order valence-corrected chi connectivity index (χ4v) is 3.04. The van der Waals surface area contributed by atoms with E-state index in [4.69, 9.17) is 0 Å². The summed E-state index contributed by atoms with van der Waals surface area (Å²) in [6.07, 6.45) is 0. The molecular weight excluding hydrogens is 390 g/mol. The number of hydrogen-bond donors (Lipinski definition) is 3. The van der Waals surface area contributed by atoms with Crippen LogP contribution in [0, 0.1) is 5.92 Å². The summed E-state index contributed by atoms with van der Waals surface area (Å²) >= 11 is 0. The smallest absolute Gasteiger partial charge is 0.255 e. The molecule has 0 aliphatic rings. The van der Waals surface area contributed by atoms with Gasteiger partial charge in [0, 0.05) is 11.1 Å². The average Bonchev–Trinajstić information content (AvgIpc) is 2.79. The van der Waals surface area contributed by atoms with Crippen molar-refractivity contribution < 1.29 is 14.4 Å². The number of hydrogen-bond acceptors (Lipinski definition) is 3. The highest BCUT2D eigenvalue weighted by atomic mass is 16.2. The fraction of sp³-hybridized carbons (Fsp3) is 0.160. The van der Waals surface area contributed by atoms with Gasteiger partial charge < -0.3 is 16.0 Å². The second-order valence-electron chi connectivity index (χ2n) is 7.42. The molecule has 3 aromatic rings. The van der Waals surface area contributed by atoms with Gasteiger partial charge in [-0.3, -0.25) is 14.4 Å². The normalized spacial score (nSPS) is 11.5. The lowest BCUT2D eigenvalue weighted by Crippen LogP contribution is -2.47. The largest absolute Gasteiger partial charge is 0.340 e. The van der Waals surface area contributed by atoms with E-state index in [9.17, 15) is 14.4 Å². The summed E-state index contributed by atoms with van der Waals surface area (Å²) in [5.74, 6) is -1.10. The Kier molecular flexibility index (Phi) is 7.17. The maximum absolute atomic E-state index is 13.0. The summed E-state index contributed by atoms with van der Waals surface area (Å²) in [6.45, 7) is 3.72. The Morgan fingerprint density at radius 1 is 0.613 bits per heavy atom. The first kappa shape index (κ1) is 21.8. The lowest BCUT2D eigenvalue weighted by molar-refractivity contribution is -0.118. The van der Waals surface area contributed by atoms with Crippen LogP contribution in [0.2, 0.25) is 0 Å². The van der Waals surface area contributed by atoms with Crippen LogP contribution < -0.4 is 16.0 Å². The van der Waals surface area contributed by atoms with Crippen molar-refractivity contribution in [2.24, 2.45) is 5.92 Å². The first-order valence-corrected chi connectivity index (χ1v) is 10.1. The van der Waals surface area contributed by atoms with Crippen LogP contribution in [0.15, 0.2) is 84.9 Å². The predicted molar refractivity (Wildman–Crippen MR) is 122 cm³/mol. The molecular formula is C25H25N3O3. The number of carbonyl (C=O) groups is 3. The van der Waals surface area contributed by atoms with E-state index in [1.54, 1.807) is 72.8 Å². The highest BCUT2D eigenvalue weighted by Crippen LogP contribution is 2.22. The van der Waals surface area contributed by atoms with Crippen LogP contribution in [-0.4, -0.2) is 23.8 Å². The molecule has 3 rings (SSSR count). The molecule has 0 fully saturated rings. The van der Waals surface area contributed by atoms with Crippen LogP contribution in [0.4, 0.5) is 11.4 Å². The lowest BCUT2D eigenvalue weighted by Gasteiger charge is -2.22. The van der Waals surface area contributed by atoms with E-state index in [0.717, 1.165) is 0 Å². The van der Waals surface area contributed by atoms with E-state index in [1.165, 1.54) is 0 Å². The first-order chi connectivity index (χ1) is 15.0. The highest BCUT2D eigenvalue weighted by Gasteiger charge is 2.25. The van der Waals surface area contributed by atoms with E-state index in [2.05, 4.69) is 16.0 Å². The van der Waals surface area contributed by atoms with Gasteiger partial charge in [0.2, 0.25) is 5.91 Å². The van der Waals surface area contributed by atoms with E-state index in [0.29, 0.717) is 22.5 Å². The Morgan fingerprint density at radius 2 is 1.06 bits per heavy atom. The lowest BCUT2D eigenvalue weighted by atomic mass is 10.0. The maximum Gasteiger partial charge on any atom is 0.255 e. The number of rotatable bonds is 7. The summed E-state index contributed by atoms with van der Waals surface area (Å²) in [4.78, 5) is 38.0. The van der Waals surface area contributed by atoms with Crippen molar-refractivity contribution in [3.05, 3.63) is 96.1 Å². The SMILES string of the molecule is CC(C)C(NC(=O)c1ccccc1)C(=O)Nc1ccccc1NC(=O)c1ccccc1. The third kappa shape index (κ3) is 5.79. The van der Waals surface area contributed by atoms with Gasteiger partial charge >= 0.3 is 0 Å². The van der Waals surface area contributed by atoms with Crippen LogP contribution in [-0.2, 0) is 4.79 Å². The van der Waals surface area contributed by atoms with Gasteiger partial charge in [0.1, 0.15) is 6.04 Å². The molecule has 0 aromatic heterocycles. The van der Waals surface area contributed by atoms with E-state index in [1.807, 2.05) is 26.0 Å². The molecule has 6 nitrogen and oxygen atoms in total. The molecule has 158 valence electrons. The summed E-state index contributed by atoms with van der Waals surface area (Å²) in [5, 5.41) is 8.46. The van der Waals surface area contributed by atoms with Gasteiger partial charge in [-0.2, -0.15) is 0 Å². The first-order valence-electron chi connectivity index (χ1n) is 10.1. The van der Waals surface area contributed by atoms with E-state index in [-0.39, 0.29) is 23.6 Å². The third-order valence-corrected chi connectivity index (χ3v) is 4.74. The van der Waals surface area contributed by atoms with Gasteiger partial charge in [-0.25, -0.2) is 0 Å². The molecule has 0 aliphatic heterocycles. The van der Waals surface area contributed by atoms with Crippen LogP contribution in [0.3, 0.4) is 0 Å². The van der Waals surface area contributed by atoms with Crippen molar-refractivity contribution in [2.45, 2.75) is 19.9 Å². The fourth-order valence-electron chi connectivity index (χ4n) is 3.04. The molecule has 0 bridgehead atoms. The minimum atomic E-state index is -0.745. The second kappa shape index (κ2) is 10.2. The Morgan fingerprint density at radius 3 is 1.58 bits per heavy atom. The van der Waals surface area contributed by atoms with Crippen molar-refractivity contribution in [3.63, 3.8) is 0 Å². The molecule has 1 atom stereocenters. The van der Waals surface area contributed by atoms with Crippen LogP contribution >= 0.6 is 0 Å². The summed E-state index contributed by atoms with van der Waals surface area (Å²) in [6, 6.07) is 23.8. The van der Waals surface area contributed by atoms with Crippen LogP contribution in [0.25, 0.3) is 0 Å². The van der Waals surface area contributed by atoms with Crippen molar-refractivity contribution in [3.8, 4) is 0 Å². The Hall–Kier alpha value is -3.93. The molecule has 3 N–H and O–H groups in total. The van der Waals surface area contributed by atoms with Gasteiger partial charge in [0.05, 0.1) is 11.4 Å². The van der Waals surface area contributed by atoms with Gasteiger partial charge in [0.15, 0.2) is 0 Å². The standard InChI is InChI=1S/C25H25N3O3/c1-17(2)22(28-24(30)19-13-7-4-8-14-19)25(31)27-21-16-10-9-15-20(21)26-23(29)18-11-5-3-6-12-18/h3-17,22H,1-2H3,(H,26,29)(H,27,31)(H,28,30). The number of amides is 3. The molecule has 1 unspecified atom stereocenters. The molecule has 6 heteroatoms. The van der Waals surface area contributed by atoms with Crippen molar-refractivity contribution in [1.82, 2.24) is 5.32 Å². The molecule has 0 aliphatic carbocycles. The average molecular weight is 415 g/mol. The Balaban J connectivity index is 1.74. The molecule has 0 spiro atoms. The van der Waals surface area contributed by atoms with Crippen LogP contribution in [0.5, 0.6) is 0 Å². The zero-order valence-electron chi connectivity index (χ0n) is 17.5. The van der Waals surface area contributed by atoms with Gasteiger partial charge in [-0.15, -0.1) is 0 Å². The zero-order chi connectivity index (χ0) is 22.2. The maximum atomic E-state index is 13.0. The molecule has 3 amide bonds. The number of benzene rings is 3. The molecule has 0 saturated carbocycles. The van der Waals surface area contributed by atoms with Crippen molar-refractivity contribution in [2.75, 3.05) is 10.6 Å². The van der Waals surface area contributed by atoms with E-state index >= 15 is 0 Å². The number of para-hydroxylation sites is 2. The van der Waals surface area contributed by atoms with Gasteiger partial charge in [-0.1, -0.05) is 62.4 Å².